The maximum Gasteiger partial charge on any atom is 0.514 e. The van der Waals surface area contributed by atoms with E-state index >= 15 is 0 Å². The SMILES string of the molecule is COc1ccnc(C(=O)NCC(C)(C(=O)O)C2C(C)OC(=O)CCOC(=O)C2Cc2ccccc2)c1OC(=O)OCC(C)C. The van der Waals surface area contributed by atoms with Gasteiger partial charge in [0.15, 0.2) is 11.4 Å². The zero-order valence-corrected chi connectivity index (χ0v) is 25.4. The minimum atomic E-state index is -1.87. The summed E-state index contributed by atoms with van der Waals surface area (Å²) in [6.45, 7) is 5.86. The molecule has 0 radical (unpaired) electrons. The van der Waals surface area contributed by atoms with Crippen LogP contribution in [-0.4, -0.2) is 73.0 Å². The molecule has 3 rings (SSSR count). The van der Waals surface area contributed by atoms with E-state index < -0.39 is 59.9 Å². The van der Waals surface area contributed by atoms with Crippen LogP contribution in [-0.2, 0) is 35.0 Å². The molecule has 2 aromatic rings. The zero-order valence-electron chi connectivity index (χ0n) is 25.4. The van der Waals surface area contributed by atoms with Gasteiger partial charge in [-0.1, -0.05) is 44.2 Å². The minimum Gasteiger partial charge on any atom is -0.493 e. The Labute approximate surface area is 255 Å². The lowest BCUT2D eigenvalue weighted by atomic mass is 9.66. The molecule has 1 saturated heterocycles. The molecule has 1 fully saturated rings. The third kappa shape index (κ3) is 8.45. The molecular weight excluding hydrogens is 576 g/mol. The van der Waals surface area contributed by atoms with Crippen LogP contribution in [0, 0.1) is 23.2 Å². The first-order valence-electron chi connectivity index (χ1n) is 14.2. The number of cyclic esters (lactones) is 2. The second kappa shape index (κ2) is 15.2. The van der Waals surface area contributed by atoms with Gasteiger partial charge >= 0.3 is 24.1 Å². The van der Waals surface area contributed by atoms with Crippen LogP contribution < -0.4 is 14.8 Å². The number of carbonyl (C=O) groups is 5. The molecule has 0 bridgehead atoms. The van der Waals surface area contributed by atoms with Crippen molar-refractivity contribution in [1.82, 2.24) is 10.3 Å². The number of pyridine rings is 1. The molecule has 1 amide bonds. The number of hydrogen-bond acceptors (Lipinski definition) is 11. The normalized spacial score (nSPS) is 20.1. The Morgan fingerprint density at radius 3 is 2.50 bits per heavy atom. The number of nitrogens with zero attached hydrogens (tertiary/aromatic N) is 1. The Bertz CT molecular complexity index is 1350. The second-order valence-corrected chi connectivity index (χ2v) is 11.1. The number of carboxylic acids is 1. The Balaban J connectivity index is 1.97. The van der Waals surface area contributed by atoms with Gasteiger partial charge in [-0.15, -0.1) is 0 Å². The first-order valence-corrected chi connectivity index (χ1v) is 14.2. The van der Waals surface area contributed by atoms with Crippen LogP contribution in [0.15, 0.2) is 42.6 Å². The maximum absolute atomic E-state index is 13.5. The average Bonchev–Trinajstić information content (AvgIpc) is 3.03. The molecule has 0 aliphatic carbocycles. The maximum atomic E-state index is 13.5. The Kier molecular flexibility index (Phi) is 11.7. The second-order valence-electron chi connectivity index (χ2n) is 11.1. The molecule has 4 atom stereocenters. The predicted octanol–water partition coefficient (Wildman–Crippen LogP) is 3.44. The third-order valence-electron chi connectivity index (χ3n) is 7.27. The fourth-order valence-corrected chi connectivity index (χ4v) is 5.08. The molecule has 2 N–H and O–H groups in total. The van der Waals surface area contributed by atoms with E-state index in [0.29, 0.717) is 0 Å². The van der Waals surface area contributed by atoms with E-state index in [4.69, 9.17) is 23.7 Å². The van der Waals surface area contributed by atoms with Gasteiger partial charge in [-0.25, -0.2) is 9.78 Å². The Morgan fingerprint density at radius 1 is 1.16 bits per heavy atom. The summed E-state index contributed by atoms with van der Waals surface area (Å²) in [5.41, 5.74) is -1.50. The van der Waals surface area contributed by atoms with Crippen molar-refractivity contribution < 1.29 is 52.8 Å². The van der Waals surface area contributed by atoms with Gasteiger partial charge in [0.05, 0.1) is 31.5 Å². The van der Waals surface area contributed by atoms with Gasteiger partial charge in [0.25, 0.3) is 5.91 Å². The molecule has 13 heteroatoms. The number of carbonyl (C=O) groups excluding carboxylic acids is 4. The molecule has 1 aliphatic rings. The molecule has 2 heterocycles. The zero-order chi connectivity index (χ0) is 32.4. The van der Waals surface area contributed by atoms with Crippen LogP contribution >= 0.6 is 0 Å². The summed E-state index contributed by atoms with van der Waals surface area (Å²) in [7, 11) is 1.30. The first-order chi connectivity index (χ1) is 20.9. The topological polar surface area (TPSA) is 177 Å². The predicted molar refractivity (Wildman–Crippen MR) is 154 cm³/mol. The fourth-order valence-electron chi connectivity index (χ4n) is 5.08. The Morgan fingerprint density at radius 2 is 1.86 bits per heavy atom. The molecule has 1 aliphatic heterocycles. The van der Waals surface area contributed by atoms with Gasteiger partial charge in [-0.2, -0.15) is 0 Å². The summed E-state index contributed by atoms with van der Waals surface area (Å²) in [5.74, 6) is -6.08. The molecular formula is C31H38N2O11. The lowest BCUT2D eigenvalue weighted by Gasteiger charge is -2.40. The molecule has 44 heavy (non-hydrogen) atoms. The number of ether oxygens (including phenoxy) is 5. The highest BCUT2D eigenvalue weighted by molar-refractivity contribution is 5.96. The number of rotatable bonds is 11. The van der Waals surface area contributed by atoms with Crippen molar-refractivity contribution in [3.05, 3.63) is 53.9 Å². The quantitative estimate of drug-likeness (QED) is 0.279. The van der Waals surface area contributed by atoms with Crippen molar-refractivity contribution in [2.45, 2.75) is 46.6 Å². The lowest BCUT2D eigenvalue weighted by Crippen LogP contribution is -2.54. The molecule has 4 unspecified atom stereocenters. The third-order valence-corrected chi connectivity index (χ3v) is 7.27. The van der Waals surface area contributed by atoms with E-state index in [9.17, 15) is 29.1 Å². The largest absolute Gasteiger partial charge is 0.514 e. The summed E-state index contributed by atoms with van der Waals surface area (Å²) < 4.78 is 26.5. The van der Waals surface area contributed by atoms with Gasteiger partial charge in [0.2, 0.25) is 5.75 Å². The molecule has 1 aromatic heterocycles. The van der Waals surface area contributed by atoms with Gasteiger partial charge in [0.1, 0.15) is 12.7 Å². The van der Waals surface area contributed by atoms with Crippen molar-refractivity contribution in [3.8, 4) is 11.5 Å². The summed E-state index contributed by atoms with van der Waals surface area (Å²) in [6, 6.07) is 10.3. The monoisotopic (exact) mass is 614 g/mol. The van der Waals surface area contributed by atoms with Crippen molar-refractivity contribution >= 4 is 30.0 Å². The first kappa shape index (κ1) is 33.8. The highest BCUT2D eigenvalue weighted by Gasteiger charge is 2.52. The number of nitrogens with one attached hydrogen (secondary N) is 1. The van der Waals surface area contributed by atoms with Crippen molar-refractivity contribution in [1.29, 1.82) is 0 Å². The smallest absolute Gasteiger partial charge is 0.493 e. The molecule has 13 nitrogen and oxygen atoms in total. The van der Waals surface area contributed by atoms with Crippen LogP contribution in [0.4, 0.5) is 4.79 Å². The van der Waals surface area contributed by atoms with Crippen LogP contribution in [0.3, 0.4) is 0 Å². The number of esters is 2. The van der Waals surface area contributed by atoms with E-state index in [1.165, 1.54) is 33.2 Å². The summed E-state index contributed by atoms with van der Waals surface area (Å²) in [4.78, 5) is 68.6. The van der Waals surface area contributed by atoms with E-state index in [0.717, 1.165) is 5.56 Å². The van der Waals surface area contributed by atoms with Crippen molar-refractivity contribution in [2.24, 2.45) is 23.2 Å². The number of hydrogen-bond donors (Lipinski definition) is 2. The van der Waals surface area contributed by atoms with E-state index in [2.05, 4.69) is 10.3 Å². The van der Waals surface area contributed by atoms with E-state index in [1.54, 1.807) is 30.3 Å². The van der Waals surface area contributed by atoms with Gasteiger partial charge < -0.3 is 34.1 Å². The number of carboxylic acid groups (broad SMARTS) is 1. The molecule has 0 spiro atoms. The van der Waals surface area contributed by atoms with Gasteiger partial charge in [-0.3, -0.25) is 19.2 Å². The van der Waals surface area contributed by atoms with Crippen LogP contribution in [0.25, 0.3) is 0 Å². The van der Waals surface area contributed by atoms with Crippen LogP contribution in [0.1, 0.15) is 50.2 Å². The van der Waals surface area contributed by atoms with Crippen LogP contribution in [0.2, 0.25) is 0 Å². The van der Waals surface area contributed by atoms with Crippen LogP contribution in [0.5, 0.6) is 11.5 Å². The number of benzene rings is 1. The highest BCUT2D eigenvalue weighted by atomic mass is 16.7. The van der Waals surface area contributed by atoms with Gasteiger partial charge in [0, 0.05) is 24.7 Å². The number of aliphatic carboxylic acids is 1. The highest BCUT2D eigenvalue weighted by Crippen LogP contribution is 2.40. The minimum absolute atomic E-state index is 0.00937. The molecule has 1 aromatic carbocycles. The van der Waals surface area contributed by atoms with E-state index in [1.807, 2.05) is 13.8 Å². The average molecular weight is 615 g/mol. The van der Waals surface area contributed by atoms with Crippen molar-refractivity contribution in [2.75, 3.05) is 26.9 Å². The molecule has 0 saturated carbocycles. The summed E-state index contributed by atoms with van der Waals surface area (Å²) >= 11 is 0. The van der Waals surface area contributed by atoms with Crippen molar-refractivity contribution in [3.63, 3.8) is 0 Å². The number of methoxy groups -OCH3 is 1. The summed E-state index contributed by atoms with van der Waals surface area (Å²) in [6.07, 6.45) is -0.980. The van der Waals surface area contributed by atoms with E-state index in [-0.39, 0.29) is 49.2 Å². The standard InChI is InChI=1S/C31H38N2O11/c1-18(2)16-42-30(39)44-26-22(40-5)11-13-32-25(26)27(35)33-17-31(4,29(37)38)24-19(3)43-23(34)12-14-41-28(36)21(24)15-20-9-7-6-8-10-20/h6-11,13,18-19,21,24H,12,14-17H2,1-5H3,(H,33,35)(H,37,38). The molecule has 238 valence electrons. The lowest BCUT2D eigenvalue weighted by molar-refractivity contribution is -0.169. The summed E-state index contributed by atoms with van der Waals surface area (Å²) in [5, 5.41) is 13.1. The van der Waals surface area contributed by atoms with Gasteiger partial charge in [-0.05, 0) is 31.7 Å². The number of aromatic nitrogens is 1. The Hall–Kier alpha value is -4.68. The number of amides is 1. The fraction of sp³-hybridized carbons (Fsp3) is 0.484.